The summed E-state index contributed by atoms with van der Waals surface area (Å²) in [5, 5.41) is 11.5. The lowest BCUT2D eigenvalue weighted by molar-refractivity contribution is 0.0412. The minimum Gasteiger partial charge on any atom is -0.458 e. The Morgan fingerprint density at radius 3 is 2.58 bits per heavy atom. The summed E-state index contributed by atoms with van der Waals surface area (Å²) in [6.45, 7) is 3.15. The summed E-state index contributed by atoms with van der Waals surface area (Å²) < 4.78 is 32.8. The number of benzene rings is 2. The van der Waals surface area contributed by atoms with Crippen molar-refractivity contribution in [3.63, 3.8) is 0 Å². The van der Waals surface area contributed by atoms with Crippen molar-refractivity contribution in [2.45, 2.75) is 24.3 Å². The van der Waals surface area contributed by atoms with E-state index in [0.29, 0.717) is 11.3 Å². The predicted molar refractivity (Wildman–Crippen MR) is 92.2 cm³/mol. The third-order valence-electron chi connectivity index (χ3n) is 3.86. The number of para-hydroxylation sites is 1. The van der Waals surface area contributed by atoms with Crippen LogP contribution in [0.15, 0.2) is 63.9 Å². The van der Waals surface area contributed by atoms with Crippen molar-refractivity contribution in [1.82, 2.24) is 4.72 Å². The summed E-state index contributed by atoms with van der Waals surface area (Å²) in [5.41, 5.74) is 0.0341. The zero-order valence-corrected chi connectivity index (χ0v) is 14.3. The number of sulfonamides is 1. The zero-order chi connectivity index (χ0) is 17.4. The molecule has 0 aliphatic rings. The van der Waals surface area contributed by atoms with E-state index in [1.807, 2.05) is 31.2 Å². The maximum Gasteiger partial charge on any atom is 0.240 e. The number of furan rings is 1. The highest BCUT2D eigenvalue weighted by Crippen LogP contribution is 2.27. The van der Waals surface area contributed by atoms with Gasteiger partial charge in [-0.15, -0.1) is 0 Å². The van der Waals surface area contributed by atoms with E-state index in [9.17, 15) is 13.5 Å². The third-order valence-corrected chi connectivity index (χ3v) is 5.26. The van der Waals surface area contributed by atoms with Crippen LogP contribution in [0.3, 0.4) is 0 Å². The highest BCUT2D eigenvalue weighted by molar-refractivity contribution is 7.89. The van der Waals surface area contributed by atoms with Crippen molar-refractivity contribution in [3.05, 3.63) is 65.9 Å². The summed E-state index contributed by atoms with van der Waals surface area (Å²) in [5.74, 6) is 0.315. The second-order valence-electron chi connectivity index (χ2n) is 6.06. The Morgan fingerprint density at radius 1 is 1.12 bits per heavy atom. The van der Waals surface area contributed by atoms with Gasteiger partial charge in [-0.2, -0.15) is 0 Å². The molecule has 0 aliphatic heterocycles. The molecule has 126 valence electrons. The van der Waals surface area contributed by atoms with Gasteiger partial charge in [0.1, 0.15) is 16.9 Å². The number of rotatable bonds is 5. The van der Waals surface area contributed by atoms with Crippen LogP contribution in [-0.4, -0.2) is 20.1 Å². The first-order valence-corrected chi connectivity index (χ1v) is 9.04. The number of aliphatic hydroxyl groups is 1. The van der Waals surface area contributed by atoms with Gasteiger partial charge in [0.15, 0.2) is 0 Å². The summed E-state index contributed by atoms with van der Waals surface area (Å²) in [6, 6.07) is 15.7. The van der Waals surface area contributed by atoms with Crippen LogP contribution in [0.5, 0.6) is 0 Å². The van der Waals surface area contributed by atoms with E-state index in [2.05, 4.69) is 4.72 Å². The van der Waals surface area contributed by atoms with Gasteiger partial charge in [0.25, 0.3) is 0 Å². The van der Waals surface area contributed by atoms with E-state index in [0.717, 1.165) is 10.9 Å². The number of fused-ring (bicyclic) bond motifs is 1. The van der Waals surface area contributed by atoms with E-state index < -0.39 is 15.6 Å². The zero-order valence-electron chi connectivity index (χ0n) is 13.5. The Hall–Kier alpha value is -2.15. The molecule has 3 aromatic rings. The molecule has 3 rings (SSSR count). The van der Waals surface area contributed by atoms with Crippen LogP contribution in [0.4, 0.5) is 0 Å². The van der Waals surface area contributed by atoms with E-state index in [-0.39, 0.29) is 11.4 Å². The quantitative estimate of drug-likeness (QED) is 0.745. The van der Waals surface area contributed by atoms with E-state index in [1.165, 1.54) is 13.0 Å². The Bertz CT molecular complexity index is 940. The Labute approximate surface area is 141 Å². The number of nitrogens with one attached hydrogen (secondary N) is 1. The largest absolute Gasteiger partial charge is 0.458 e. The molecule has 0 saturated carbocycles. The maximum atomic E-state index is 12.4. The van der Waals surface area contributed by atoms with Crippen molar-refractivity contribution in [2.24, 2.45) is 0 Å². The second kappa shape index (κ2) is 6.05. The Kier molecular flexibility index (Phi) is 4.21. The topological polar surface area (TPSA) is 79.5 Å². The molecule has 1 aromatic heterocycles. The number of hydrogen-bond donors (Lipinski definition) is 2. The van der Waals surface area contributed by atoms with Gasteiger partial charge in [0.2, 0.25) is 10.0 Å². The van der Waals surface area contributed by atoms with Crippen molar-refractivity contribution in [2.75, 3.05) is 6.54 Å². The van der Waals surface area contributed by atoms with Crippen LogP contribution in [-0.2, 0) is 15.6 Å². The molecule has 0 bridgehead atoms. The first kappa shape index (κ1) is 16.7. The van der Waals surface area contributed by atoms with E-state index >= 15 is 0 Å². The van der Waals surface area contributed by atoms with Gasteiger partial charge in [-0.25, -0.2) is 13.1 Å². The standard InChI is InChI=1S/C18H19NO4S/c1-13-6-5-8-15(10-13)24(21,22)19-12-18(2,20)17-11-14-7-3-4-9-16(14)23-17/h3-11,19-20H,12H2,1-2H3. The third kappa shape index (κ3) is 3.36. The molecular weight excluding hydrogens is 326 g/mol. The average Bonchev–Trinajstić information content (AvgIpc) is 2.98. The molecule has 2 N–H and O–H groups in total. The fourth-order valence-corrected chi connectivity index (χ4v) is 3.67. The smallest absolute Gasteiger partial charge is 0.240 e. The van der Waals surface area contributed by atoms with Crippen LogP contribution in [0, 0.1) is 6.92 Å². The molecule has 1 heterocycles. The lowest BCUT2D eigenvalue weighted by atomic mass is 10.0. The van der Waals surface area contributed by atoms with E-state index in [4.69, 9.17) is 4.42 Å². The van der Waals surface area contributed by atoms with Crippen molar-refractivity contribution >= 4 is 21.0 Å². The van der Waals surface area contributed by atoms with Crippen LogP contribution < -0.4 is 4.72 Å². The molecule has 1 atom stereocenters. The molecule has 0 saturated heterocycles. The normalized spacial score (nSPS) is 14.6. The molecule has 0 aliphatic carbocycles. The summed E-state index contributed by atoms with van der Waals surface area (Å²) in [7, 11) is -3.71. The molecule has 2 aromatic carbocycles. The van der Waals surface area contributed by atoms with E-state index in [1.54, 1.807) is 24.3 Å². The van der Waals surface area contributed by atoms with Crippen molar-refractivity contribution in [1.29, 1.82) is 0 Å². The summed E-state index contributed by atoms with van der Waals surface area (Å²) in [6.07, 6.45) is 0. The van der Waals surface area contributed by atoms with Crippen LogP contribution >= 0.6 is 0 Å². The van der Waals surface area contributed by atoms with Gasteiger partial charge in [0.05, 0.1) is 4.90 Å². The van der Waals surface area contributed by atoms with Gasteiger partial charge < -0.3 is 9.52 Å². The first-order valence-electron chi connectivity index (χ1n) is 7.56. The highest BCUT2D eigenvalue weighted by atomic mass is 32.2. The fraction of sp³-hybridized carbons (Fsp3) is 0.222. The van der Waals surface area contributed by atoms with Crippen LogP contribution in [0.25, 0.3) is 11.0 Å². The molecule has 1 unspecified atom stereocenters. The van der Waals surface area contributed by atoms with Gasteiger partial charge in [-0.05, 0) is 43.7 Å². The molecule has 5 nitrogen and oxygen atoms in total. The lowest BCUT2D eigenvalue weighted by Gasteiger charge is -2.21. The monoisotopic (exact) mass is 345 g/mol. The van der Waals surface area contributed by atoms with Gasteiger partial charge in [0, 0.05) is 11.9 Å². The van der Waals surface area contributed by atoms with Gasteiger partial charge in [-0.1, -0.05) is 30.3 Å². The SMILES string of the molecule is Cc1cccc(S(=O)(=O)NCC(C)(O)c2cc3ccccc3o2)c1. The van der Waals surface area contributed by atoms with Gasteiger partial charge >= 0.3 is 0 Å². The molecule has 0 fully saturated rings. The predicted octanol–water partition coefficient (Wildman–Crippen LogP) is 2.93. The Morgan fingerprint density at radius 2 is 1.88 bits per heavy atom. The maximum absolute atomic E-state index is 12.4. The fourth-order valence-electron chi connectivity index (χ4n) is 2.44. The molecule has 0 amide bonds. The lowest BCUT2D eigenvalue weighted by Crippen LogP contribution is -2.38. The molecule has 6 heteroatoms. The number of hydrogen-bond acceptors (Lipinski definition) is 4. The van der Waals surface area contributed by atoms with Gasteiger partial charge in [-0.3, -0.25) is 0 Å². The van der Waals surface area contributed by atoms with Crippen LogP contribution in [0.1, 0.15) is 18.2 Å². The minimum atomic E-state index is -3.71. The van der Waals surface area contributed by atoms with Crippen molar-refractivity contribution in [3.8, 4) is 0 Å². The first-order chi connectivity index (χ1) is 11.3. The average molecular weight is 345 g/mol. The van der Waals surface area contributed by atoms with Crippen LogP contribution in [0.2, 0.25) is 0 Å². The minimum absolute atomic E-state index is 0.169. The van der Waals surface area contributed by atoms with Crippen molar-refractivity contribution < 1.29 is 17.9 Å². The molecule has 0 radical (unpaired) electrons. The second-order valence-corrected chi connectivity index (χ2v) is 7.83. The molecule has 24 heavy (non-hydrogen) atoms. The molecular formula is C18H19NO4S. The summed E-state index contributed by atoms with van der Waals surface area (Å²) in [4.78, 5) is 0.169. The number of aryl methyl sites for hydroxylation is 1. The Balaban J connectivity index is 1.81. The molecule has 0 spiro atoms. The summed E-state index contributed by atoms with van der Waals surface area (Å²) >= 11 is 0. The highest BCUT2D eigenvalue weighted by Gasteiger charge is 2.29.